The molecule has 0 unspecified atom stereocenters. The Bertz CT molecular complexity index is 989. The molecule has 0 N–H and O–H groups in total. The number of Topliss-reactive ketones (excluding diaryl/α,β-unsaturated/α-hetero) is 1. The van der Waals surface area contributed by atoms with Crippen LogP contribution in [0.1, 0.15) is 22.5 Å². The summed E-state index contributed by atoms with van der Waals surface area (Å²) < 4.78 is 21.3. The molecule has 142 valence electrons. The lowest BCUT2D eigenvalue weighted by Gasteiger charge is -2.05. The molecular formula is C22H18O6. The van der Waals surface area contributed by atoms with Gasteiger partial charge in [0.05, 0.1) is 6.42 Å². The number of fused-ring (bicyclic) bond motifs is 1. The molecule has 1 aromatic heterocycles. The number of carbonyl (C=O) groups excluding carboxylic acids is 2. The van der Waals surface area contributed by atoms with Gasteiger partial charge in [0.25, 0.3) is 0 Å². The fourth-order valence-electron chi connectivity index (χ4n) is 2.87. The van der Waals surface area contributed by atoms with Crippen LogP contribution in [0.15, 0.2) is 65.1 Å². The van der Waals surface area contributed by atoms with Gasteiger partial charge in [-0.25, -0.2) is 0 Å². The first-order valence-corrected chi connectivity index (χ1v) is 8.91. The zero-order valence-electron chi connectivity index (χ0n) is 15.1. The number of ether oxygens (including phenoxy) is 3. The fraction of sp³-hybridized carbons (Fsp3) is 0.182. The van der Waals surface area contributed by atoms with Crippen molar-refractivity contribution in [2.24, 2.45) is 0 Å². The third-order valence-corrected chi connectivity index (χ3v) is 4.35. The Balaban J connectivity index is 1.26. The normalized spacial score (nSPS) is 12.0. The smallest absolute Gasteiger partial charge is 0.306 e. The number of hydrogen-bond acceptors (Lipinski definition) is 6. The van der Waals surface area contributed by atoms with Crippen LogP contribution in [0, 0.1) is 0 Å². The van der Waals surface area contributed by atoms with E-state index in [1.54, 1.807) is 18.2 Å². The minimum atomic E-state index is -0.452. The summed E-state index contributed by atoms with van der Waals surface area (Å²) in [6.07, 6.45) is 0.542. The number of furan rings is 1. The summed E-state index contributed by atoms with van der Waals surface area (Å²) in [7, 11) is 0. The maximum Gasteiger partial charge on any atom is 0.306 e. The molecule has 0 bridgehead atoms. The molecule has 3 aromatic rings. The van der Waals surface area contributed by atoms with Crippen LogP contribution in [0.4, 0.5) is 0 Å². The first kappa shape index (κ1) is 17.9. The fourth-order valence-corrected chi connectivity index (χ4v) is 2.87. The molecule has 2 heterocycles. The summed E-state index contributed by atoms with van der Waals surface area (Å²) in [5.74, 6) is 1.81. The Morgan fingerprint density at radius 2 is 1.75 bits per heavy atom. The summed E-state index contributed by atoms with van der Waals surface area (Å²) >= 11 is 0. The minimum Gasteiger partial charge on any atom is -0.461 e. The molecule has 0 amide bonds. The SMILES string of the molecule is O=C(CCc1ccc(-c2ccccc2)o1)OCC(=O)c1ccc2c(c1)OCO2. The predicted octanol–water partition coefficient (Wildman–Crippen LogP) is 4.03. The first-order valence-electron chi connectivity index (χ1n) is 8.91. The zero-order chi connectivity index (χ0) is 19.3. The van der Waals surface area contributed by atoms with E-state index in [-0.39, 0.29) is 25.6 Å². The molecule has 0 aliphatic carbocycles. The second-order valence-electron chi connectivity index (χ2n) is 6.28. The highest BCUT2D eigenvalue weighted by Crippen LogP contribution is 2.32. The maximum absolute atomic E-state index is 12.2. The molecule has 0 fully saturated rings. The molecule has 0 saturated heterocycles. The van der Waals surface area contributed by atoms with Gasteiger partial charge >= 0.3 is 5.97 Å². The molecule has 6 nitrogen and oxygen atoms in total. The molecular weight excluding hydrogens is 360 g/mol. The highest BCUT2D eigenvalue weighted by molar-refractivity contribution is 5.98. The van der Waals surface area contributed by atoms with E-state index in [4.69, 9.17) is 18.6 Å². The number of esters is 1. The quantitative estimate of drug-likeness (QED) is 0.456. The molecule has 0 atom stereocenters. The highest BCUT2D eigenvalue weighted by atomic mass is 16.7. The Hall–Kier alpha value is -3.54. The number of aryl methyl sites for hydroxylation is 1. The summed E-state index contributed by atoms with van der Waals surface area (Å²) in [5.41, 5.74) is 1.39. The van der Waals surface area contributed by atoms with E-state index in [1.807, 2.05) is 42.5 Å². The van der Waals surface area contributed by atoms with Gasteiger partial charge in [-0.3, -0.25) is 9.59 Å². The Morgan fingerprint density at radius 3 is 2.61 bits per heavy atom. The van der Waals surface area contributed by atoms with Crippen molar-refractivity contribution in [3.63, 3.8) is 0 Å². The lowest BCUT2D eigenvalue weighted by molar-refractivity contribution is -0.142. The predicted molar refractivity (Wildman–Crippen MR) is 100 cm³/mol. The largest absolute Gasteiger partial charge is 0.461 e. The van der Waals surface area contributed by atoms with E-state index < -0.39 is 5.97 Å². The average molecular weight is 378 g/mol. The molecule has 0 spiro atoms. The summed E-state index contributed by atoms with van der Waals surface area (Å²) in [6.45, 7) is -0.174. The molecule has 0 saturated carbocycles. The van der Waals surface area contributed by atoms with E-state index in [0.717, 1.165) is 11.3 Å². The molecule has 4 rings (SSSR count). The maximum atomic E-state index is 12.2. The van der Waals surface area contributed by atoms with Gasteiger partial charge in [-0.05, 0) is 30.3 Å². The van der Waals surface area contributed by atoms with E-state index >= 15 is 0 Å². The number of benzene rings is 2. The zero-order valence-corrected chi connectivity index (χ0v) is 15.1. The Morgan fingerprint density at radius 1 is 0.929 bits per heavy atom. The van der Waals surface area contributed by atoms with Crippen LogP contribution in [-0.4, -0.2) is 25.2 Å². The molecule has 1 aliphatic rings. The van der Waals surface area contributed by atoms with Crippen LogP contribution in [0.2, 0.25) is 0 Å². The summed E-state index contributed by atoms with van der Waals surface area (Å²) in [5, 5.41) is 0. The minimum absolute atomic E-state index is 0.135. The third-order valence-electron chi connectivity index (χ3n) is 4.35. The van der Waals surface area contributed by atoms with E-state index in [1.165, 1.54) is 0 Å². The van der Waals surface area contributed by atoms with Crippen molar-refractivity contribution < 1.29 is 28.2 Å². The molecule has 2 aromatic carbocycles. The van der Waals surface area contributed by atoms with Gasteiger partial charge in [0.2, 0.25) is 6.79 Å². The highest BCUT2D eigenvalue weighted by Gasteiger charge is 2.17. The molecule has 1 aliphatic heterocycles. The van der Waals surface area contributed by atoms with Crippen LogP contribution < -0.4 is 9.47 Å². The van der Waals surface area contributed by atoms with Gasteiger partial charge in [-0.2, -0.15) is 0 Å². The van der Waals surface area contributed by atoms with Crippen LogP contribution in [0.25, 0.3) is 11.3 Å². The summed E-state index contributed by atoms with van der Waals surface area (Å²) in [4.78, 5) is 24.1. The van der Waals surface area contributed by atoms with E-state index in [9.17, 15) is 9.59 Å². The summed E-state index contributed by atoms with van der Waals surface area (Å²) in [6, 6.07) is 18.3. The van der Waals surface area contributed by atoms with Crippen LogP contribution in [-0.2, 0) is 16.0 Å². The topological polar surface area (TPSA) is 75.0 Å². The number of hydrogen-bond donors (Lipinski definition) is 0. The van der Waals surface area contributed by atoms with Crippen molar-refractivity contribution in [1.82, 2.24) is 0 Å². The second kappa shape index (κ2) is 8.00. The van der Waals surface area contributed by atoms with Crippen molar-refractivity contribution >= 4 is 11.8 Å². The van der Waals surface area contributed by atoms with Crippen LogP contribution in [0.3, 0.4) is 0 Å². The van der Waals surface area contributed by atoms with Gasteiger partial charge < -0.3 is 18.6 Å². The second-order valence-corrected chi connectivity index (χ2v) is 6.28. The Kier molecular flexibility index (Phi) is 5.10. The van der Waals surface area contributed by atoms with Gasteiger partial charge in [-0.15, -0.1) is 0 Å². The Labute approximate surface area is 161 Å². The van der Waals surface area contributed by atoms with Crippen molar-refractivity contribution in [2.75, 3.05) is 13.4 Å². The van der Waals surface area contributed by atoms with Gasteiger partial charge in [0, 0.05) is 17.5 Å². The lowest BCUT2D eigenvalue weighted by Crippen LogP contribution is -2.14. The average Bonchev–Trinajstić information content (AvgIpc) is 3.40. The third kappa shape index (κ3) is 4.06. The molecule has 0 radical (unpaired) electrons. The number of carbonyl (C=O) groups is 2. The van der Waals surface area contributed by atoms with Gasteiger partial charge in [0.15, 0.2) is 23.9 Å². The van der Waals surface area contributed by atoms with Crippen LogP contribution in [0.5, 0.6) is 11.5 Å². The lowest BCUT2D eigenvalue weighted by atomic mass is 10.1. The number of ketones is 1. The number of rotatable bonds is 7. The van der Waals surface area contributed by atoms with Gasteiger partial charge in [0.1, 0.15) is 11.5 Å². The van der Waals surface area contributed by atoms with E-state index in [0.29, 0.717) is 29.2 Å². The van der Waals surface area contributed by atoms with Crippen molar-refractivity contribution in [3.8, 4) is 22.8 Å². The molecule has 6 heteroatoms. The molecule has 28 heavy (non-hydrogen) atoms. The van der Waals surface area contributed by atoms with Crippen molar-refractivity contribution in [2.45, 2.75) is 12.8 Å². The standard InChI is InChI=1S/C22H18O6/c23-18(16-6-9-20-21(12-16)27-14-26-20)13-25-22(24)11-8-17-7-10-19(28-17)15-4-2-1-3-5-15/h1-7,9-10,12H,8,11,13-14H2. The van der Waals surface area contributed by atoms with Crippen molar-refractivity contribution in [3.05, 3.63) is 72.0 Å². The van der Waals surface area contributed by atoms with E-state index in [2.05, 4.69) is 0 Å². The van der Waals surface area contributed by atoms with Gasteiger partial charge in [-0.1, -0.05) is 30.3 Å². The first-order chi connectivity index (χ1) is 13.7. The van der Waals surface area contributed by atoms with Crippen molar-refractivity contribution in [1.29, 1.82) is 0 Å². The monoisotopic (exact) mass is 378 g/mol. The van der Waals surface area contributed by atoms with Crippen LogP contribution >= 0.6 is 0 Å².